The average molecular weight is 268 g/mol. The molecule has 5 heteroatoms. The Labute approximate surface area is 117 Å². The maximum Gasteiger partial charge on any atom is 0.224 e. The second-order valence-corrected chi connectivity index (χ2v) is 4.51. The van der Waals surface area contributed by atoms with Crippen LogP contribution in [0.25, 0.3) is 0 Å². The molecule has 102 valence electrons. The molecule has 0 aliphatic rings. The fourth-order valence-corrected chi connectivity index (χ4v) is 1.90. The number of nitrogens with one attached hydrogen (secondary N) is 1. The summed E-state index contributed by atoms with van der Waals surface area (Å²) in [6.07, 6.45) is 4.89. The molecule has 0 radical (unpaired) electrons. The van der Waals surface area contributed by atoms with Gasteiger partial charge < -0.3 is 9.88 Å². The lowest BCUT2D eigenvalue weighted by Crippen LogP contribution is -2.12. The number of hydrogen-bond donors (Lipinski definition) is 1. The van der Waals surface area contributed by atoms with Crippen molar-refractivity contribution in [2.45, 2.75) is 26.3 Å². The van der Waals surface area contributed by atoms with Gasteiger partial charge in [-0.2, -0.15) is 5.26 Å². The smallest absolute Gasteiger partial charge is 0.224 e. The number of imidazole rings is 1. The number of aryl methyl sites for hydroxylation is 2. The highest BCUT2D eigenvalue weighted by Crippen LogP contribution is 2.09. The number of amides is 1. The molecule has 0 fully saturated rings. The number of aromatic nitrogens is 2. The van der Waals surface area contributed by atoms with Crippen molar-refractivity contribution in [1.82, 2.24) is 9.55 Å². The number of nitrogens with zero attached hydrogens (tertiary/aromatic N) is 3. The van der Waals surface area contributed by atoms with E-state index < -0.39 is 0 Å². The van der Waals surface area contributed by atoms with E-state index in [1.807, 2.05) is 23.8 Å². The Morgan fingerprint density at radius 2 is 2.15 bits per heavy atom. The molecule has 0 aliphatic heterocycles. The Morgan fingerprint density at radius 1 is 1.40 bits per heavy atom. The van der Waals surface area contributed by atoms with E-state index in [2.05, 4.69) is 10.3 Å². The lowest BCUT2D eigenvalue weighted by Gasteiger charge is -2.06. The minimum Gasteiger partial charge on any atom is -0.335 e. The van der Waals surface area contributed by atoms with Crippen molar-refractivity contribution < 1.29 is 4.79 Å². The van der Waals surface area contributed by atoms with E-state index in [4.69, 9.17) is 5.26 Å². The Hall–Kier alpha value is -2.61. The van der Waals surface area contributed by atoms with Crippen LogP contribution in [-0.4, -0.2) is 15.5 Å². The summed E-state index contributed by atoms with van der Waals surface area (Å²) in [5, 5.41) is 11.5. The number of carbonyl (C=O) groups excluding carboxylic acids is 1. The highest BCUT2D eigenvalue weighted by atomic mass is 16.1. The normalized spacial score (nSPS) is 10.0. The molecule has 0 unspecified atom stereocenters. The van der Waals surface area contributed by atoms with Crippen molar-refractivity contribution in [3.8, 4) is 6.07 Å². The van der Waals surface area contributed by atoms with Crippen LogP contribution in [0.2, 0.25) is 0 Å². The van der Waals surface area contributed by atoms with E-state index in [0.29, 0.717) is 17.7 Å². The van der Waals surface area contributed by atoms with Crippen LogP contribution < -0.4 is 5.32 Å². The van der Waals surface area contributed by atoms with Gasteiger partial charge in [0.05, 0.1) is 11.6 Å². The predicted molar refractivity (Wildman–Crippen MR) is 76.0 cm³/mol. The molecule has 5 nitrogen and oxygen atoms in total. The van der Waals surface area contributed by atoms with Gasteiger partial charge in [0.1, 0.15) is 5.82 Å². The van der Waals surface area contributed by atoms with E-state index in [-0.39, 0.29) is 5.91 Å². The van der Waals surface area contributed by atoms with Gasteiger partial charge in [-0.15, -0.1) is 0 Å². The van der Waals surface area contributed by atoms with Crippen molar-refractivity contribution in [3.05, 3.63) is 48.0 Å². The van der Waals surface area contributed by atoms with Crippen LogP contribution in [0.5, 0.6) is 0 Å². The first kappa shape index (κ1) is 13.8. The summed E-state index contributed by atoms with van der Waals surface area (Å²) in [6.45, 7) is 2.73. The zero-order valence-corrected chi connectivity index (χ0v) is 11.3. The van der Waals surface area contributed by atoms with Crippen LogP contribution in [0, 0.1) is 18.3 Å². The highest BCUT2D eigenvalue weighted by molar-refractivity contribution is 5.90. The number of hydrogen-bond acceptors (Lipinski definition) is 3. The van der Waals surface area contributed by atoms with Crippen molar-refractivity contribution in [1.29, 1.82) is 5.26 Å². The molecule has 1 aromatic heterocycles. The highest BCUT2D eigenvalue weighted by Gasteiger charge is 2.03. The molecule has 0 atom stereocenters. The van der Waals surface area contributed by atoms with Gasteiger partial charge in [0.15, 0.2) is 0 Å². The van der Waals surface area contributed by atoms with Crippen LogP contribution >= 0.6 is 0 Å². The second-order valence-electron chi connectivity index (χ2n) is 4.51. The van der Waals surface area contributed by atoms with Crippen LogP contribution in [0.1, 0.15) is 24.2 Å². The SMILES string of the molecule is Cc1nccn1CCCC(=O)Nc1ccc(C#N)cc1. The molecule has 1 heterocycles. The Balaban J connectivity index is 1.78. The summed E-state index contributed by atoms with van der Waals surface area (Å²) < 4.78 is 2.02. The third-order valence-corrected chi connectivity index (χ3v) is 3.02. The van der Waals surface area contributed by atoms with E-state index in [9.17, 15) is 4.79 Å². The van der Waals surface area contributed by atoms with Gasteiger partial charge in [-0.05, 0) is 37.6 Å². The van der Waals surface area contributed by atoms with E-state index in [1.54, 1.807) is 30.5 Å². The van der Waals surface area contributed by atoms with E-state index in [1.165, 1.54) is 0 Å². The van der Waals surface area contributed by atoms with E-state index in [0.717, 1.165) is 18.8 Å². The summed E-state index contributed by atoms with van der Waals surface area (Å²) in [4.78, 5) is 15.9. The first-order chi connectivity index (χ1) is 9.69. The molecule has 0 bridgehead atoms. The largest absolute Gasteiger partial charge is 0.335 e. The lowest BCUT2D eigenvalue weighted by molar-refractivity contribution is -0.116. The monoisotopic (exact) mass is 268 g/mol. The summed E-state index contributed by atoms with van der Waals surface area (Å²) in [6, 6.07) is 8.88. The molecule has 1 amide bonds. The Kier molecular flexibility index (Phi) is 4.51. The first-order valence-corrected chi connectivity index (χ1v) is 6.47. The van der Waals surface area contributed by atoms with Gasteiger partial charge in [0.2, 0.25) is 5.91 Å². The first-order valence-electron chi connectivity index (χ1n) is 6.47. The Morgan fingerprint density at radius 3 is 2.75 bits per heavy atom. The topological polar surface area (TPSA) is 70.7 Å². The molecule has 20 heavy (non-hydrogen) atoms. The zero-order valence-electron chi connectivity index (χ0n) is 11.3. The number of benzene rings is 1. The number of carbonyl (C=O) groups is 1. The average Bonchev–Trinajstić information content (AvgIpc) is 2.85. The molecular formula is C15H16N4O. The molecule has 0 saturated carbocycles. The van der Waals surface area contributed by atoms with Gasteiger partial charge in [0, 0.05) is 31.0 Å². The van der Waals surface area contributed by atoms with Crippen LogP contribution in [0.3, 0.4) is 0 Å². The zero-order chi connectivity index (χ0) is 14.4. The predicted octanol–water partition coefficient (Wildman–Crippen LogP) is 2.48. The van der Waals surface area contributed by atoms with Crippen molar-refractivity contribution in [2.75, 3.05) is 5.32 Å². The van der Waals surface area contributed by atoms with Gasteiger partial charge in [0.25, 0.3) is 0 Å². The molecule has 0 saturated heterocycles. The van der Waals surface area contributed by atoms with Crippen molar-refractivity contribution >= 4 is 11.6 Å². The second kappa shape index (κ2) is 6.53. The standard InChI is InChI=1S/C15H16N4O/c1-12-17-8-10-19(12)9-2-3-15(20)18-14-6-4-13(11-16)5-7-14/h4-8,10H,2-3,9H2,1H3,(H,18,20). The van der Waals surface area contributed by atoms with Gasteiger partial charge in [-0.3, -0.25) is 4.79 Å². The van der Waals surface area contributed by atoms with Crippen LogP contribution in [-0.2, 0) is 11.3 Å². The summed E-state index contributed by atoms with van der Waals surface area (Å²) >= 11 is 0. The fourth-order valence-electron chi connectivity index (χ4n) is 1.90. The molecule has 1 N–H and O–H groups in total. The fraction of sp³-hybridized carbons (Fsp3) is 0.267. The Bertz CT molecular complexity index is 622. The summed E-state index contributed by atoms with van der Waals surface area (Å²) in [7, 11) is 0. The third kappa shape index (κ3) is 3.69. The lowest BCUT2D eigenvalue weighted by atomic mass is 10.2. The molecule has 1 aromatic carbocycles. The van der Waals surface area contributed by atoms with Crippen molar-refractivity contribution in [3.63, 3.8) is 0 Å². The summed E-state index contributed by atoms with van der Waals surface area (Å²) in [5.41, 5.74) is 1.30. The minimum absolute atomic E-state index is 0.0209. The number of nitriles is 1. The quantitative estimate of drug-likeness (QED) is 0.905. The number of rotatable bonds is 5. The third-order valence-electron chi connectivity index (χ3n) is 3.02. The number of anilines is 1. The molecule has 0 spiro atoms. The van der Waals surface area contributed by atoms with Gasteiger partial charge in [-0.25, -0.2) is 4.98 Å². The molecule has 2 rings (SSSR count). The molecule has 2 aromatic rings. The van der Waals surface area contributed by atoms with Crippen molar-refractivity contribution in [2.24, 2.45) is 0 Å². The van der Waals surface area contributed by atoms with E-state index >= 15 is 0 Å². The maximum atomic E-state index is 11.8. The molecular weight excluding hydrogens is 252 g/mol. The van der Waals surface area contributed by atoms with Crippen LogP contribution in [0.15, 0.2) is 36.7 Å². The van der Waals surface area contributed by atoms with Crippen LogP contribution in [0.4, 0.5) is 5.69 Å². The maximum absolute atomic E-state index is 11.8. The van der Waals surface area contributed by atoms with Gasteiger partial charge in [-0.1, -0.05) is 0 Å². The molecule has 0 aliphatic carbocycles. The minimum atomic E-state index is -0.0209. The van der Waals surface area contributed by atoms with Gasteiger partial charge >= 0.3 is 0 Å². The summed E-state index contributed by atoms with van der Waals surface area (Å²) in [5.74, 6) is 0.935.